The maximum atomic E-state index is 13.9. The van der Waals surface area contributed by atoms with E-state index in [2.05, 4.69) is 5.32 Å². The van der Waals surface area contributed by atoms with E-state index in [1.54, 1.807) is 21.9 Å². The highest BCUT2D eigenvalue weighted by Gasteiger charge is 2.47. The summed E-state index contributed by atoms with van der Waals surface area (Å²) >= 11 is 0. The number of carbonyl (C=O) groups is 4. The van der Waals surface area contributed by atoms with Crippen LogP contribution in [-0.2, 0) is 30.4 Å². The van der Waals surface area contributed by atoms with Crippen molar-refractivity contribution < 1.29 is 44.0 Å². The van der Waals surface area contributed by atoms with Crippen molar-refractivity contribution in [2.45, 2.75) is 74.8 Å². The average Bonchev–Trinajstić information content (AvgIpc) is 3.70. The number of carboxylic acid groups (broad SMARTS) is 1. The first-order valence-electron chi connectivity index (χ1n) is 14.7. The number of morpholine rings is 1. The minimum atomic E-state index is -1.28. The van der Waals surface area contributed by atoms with Crippen LogP contribution in [0.5, 0.6) is 0 Å². The summed E-state index contributed by atoms with van der Waals surface area (Å²) in [6, 6.07) is 5.65. The quantitative estimate of drug-likeness (QED) is 0.336. The maximum Gasteiger partial charge on any atom is 0.335 e. The fourth-order valence-electron chi connectivity index (χ4n) is 6.59. The molecule has 0 aromatic heterocycles. The van der Waals surface area contributed by atoms with Gasteiger partial charge in [-0.3, -0.25) is 19.3 Å². The van der Waals surface area contributed by atoms with Crippen LogP contribution in [0.15, 0.2) is 24.3 Å². The zero-order valence-corrected chi connectivity index (χ0v) is 23.3. The van der Waals surface area contributed by atoms with Gasteiger partial charge in [0.05, 0.1) is 36.8 Å². The molecule has 1 saturated carbocycles. The van der Waals surface area contributed by atoms with Gasteiger partial charge in [-0.2, -0.15) is 0 Å². The van der Waals surface area contributed by atoms with Gasteiger partial charge in [-0.05, 0) is 37.0 Å². The molecule has 4 heterocycles. The van der Waals surface area contributed by atoms with Crippen molar-refractivity contribution in [1.29, 1.82) is 0 Å². The normalized spacial score (nSPS) is 34.4. The SMILES string of the molecule is O=C1C[C@@H]2O[C@H](CN(C(=O)C3CC3)C[C@@H]3CN(CCO3)C(=O)[C@@H]3C[C@@H](CN3Cc3ccc(C(=O)O)cc3)N1)[C@@H](O)[C@H]2O. The minimum Gasteiger partial charge on any atom is -0.478 e. The molecule has 0 spiro atoms. The molecule has 5 fully saturated rings. The van der Waals surface area contributed by atoms with Crippen LogP contribution >= 0.6 is 0 Å². The average molecular weight is 587 g/mol. The predicted molar refractivity (Wildman–Crippen MR) is 145 cm³/mol. The first kappa shape index (κ1) is 29.0. The van der Waals surface area contributed by atoms with Crippen LogP contribution < -0.4 is 5.32 Å². The monoisotopic (exact) mass is 586 g/mol. The zero-order chi connectivity index (χ0) is 29.5. The standard InChI is InChI=1S/C29H38N4O9/c34-24-10-22-25(35)26(36)23(42-22)15-33(27(37)17-5-6-17)14-20-13-31(7-8-41-20)28(38)21-9-19(30-24)12-32(21)11-16-1-3-18(4-2-16)29(39)40/h1-4,17,19-23,25-26,35-36H,5-15H2,(H,30,34)(H,39,40)/t19-,20-,21-,22-,23+,25-,26+/m0/s1. The number of carboxylic acids is 1. The molecule has 1 aliphatic carbocycles. The summed E-state index contributed by atoms with van der Waals surface area (Å²) in [6.07, 6.45) is -2.94. The molecule has 5 aliphatic rings. The molecule has 0 radical (unpaired) electrons. The van der Waals surface area contributed by atoms with Crippen LogP contribution in [0.2, 0.25) is 0 Å². The first-order chi connectivity index (χ1) is 20.2. The van der Waals surface area contributed by atoms with Crippen molar-refractivity contribution in [1.82, 2.24) is 20.0 Å². The number of likely N-dealkylation sites (tertiary alicyclic amines) is 1. The Labute approximate surface area is 243 Å². The molecule has 228 valence electrons. The summed E-state index contributed by atoms with van der Waals surface area (Å²) < 4.78 is 11.9. The van der Waals surface area contributed by atoms with E-state index in [0.29, 0.717) is 39.2 Å². The zero-order valence-electron chi connectivity index (χ0n) is 23.3. The highest BCUT2D eigenvalue weighted by molar-refractivity contribution is 5.87. The molecule has 6 bridgehead atoms. The van der Waals surface area contributed by atoms with Crippen molar-refractivity contribution in [3.63, 3.8) is 0 Å². The van der Waals surface area contributed by atoms with Crippen LogP contribution in [0.1, 0.15) is 41.6 Å². The topological polar surface area (TPSA) is 169 Å². The van der Waals surface area contributed by atoms with Crippen molar-refractivity contribution >= 4 is 23.7 Å². The van der Waals surface area contributed by atoms with Gasteiger partial charge in [-0.25, -0.2) is 4.79 Å². The lowest BCUT2D eigenvalue weighted by Crippen LogP contribution is -2.55. The second-order valence-corrected chi connectivity index (χ2v) is 12.1. The number of nitrogens with one attached hydrogen (secondary N) is 1. The van der Waals surface area contributed by atoms with Gasteiger partial charge in [0.15, 0.2) is 0 Å². The first-order valence-corrected chi connectivity index (χ1v) is 14.7. The number of carbonyl (C=O) groups excluding carboxylic acids is 3. The third kappa shape index (κ3) is 6.16. The van der Waals surface area contributed by atoms with Gasteiger partial charge in [0.1, 0.15) is 18.3 Å². The number of hydrogen-bond donors (Lipinski definition) is 4. The molecule has 4 saturated heterocycles. The maximum absolute atomic E-state index is 13.9. The molecule has 13 nitrogen and oxygen atoms in total. The summed E-state index contributed by atoms with van der Waals surface area (Å²) in [5.41, 5.74) is 1.01. The fraction of sp³-hybridized carbons (Fsp3) is 0.655. The predicted octanol–water partition coefficient (Wildman–Crippen LogP) is -1.20. The smallest absolute Gasteiger partial charge is 0.335 e. The number of benzene rings is 1. The Morgan fingerprint density at radius 1 is 0.976 bits per heavy atom. The molecule has 1 aromatic rings. The van der Waals surface area contributed by atoms with E-state index in [0.717, 1.165) is 18.4 Å². The Morgan fingerprint density at radius 2 is 1.71 bits per heavy atom. The Morgan fingerprint density at radius 3 is 2.43 bits per heavy atom. The molecule has 0 unspecified atom stereocenters. The molecule has 3 amide bonds. The Kier molecular flexibility index (Phi) is 8.20. The lowest BCUT2D eigenvalue weighted by molar-refractivity contribution is -0.147. The number of nitrogens with zero attached hydrogens (tertiary/aromatic N) is 3. The number of fused-ring (bicyclic) bond motifs is 6. The van der Waals surface area contributed by atoms with E-state index in [9.17, 15) is 34.5 Å². The summed E-state index contributed by atoms with van der Waals surface area (Å²) in [5, 5.41) is 33.7. The van der Waals surface area contributed by atoms with E-state index < -0.39 is 42.5 Å². The molecule has 1 aromatic carbocycles. The van der Waals surface area contributed by atoms with E-state index in [1.807, 2.05) is 4.90 Å². The van der Waals surface area contributed by atoms with Crippen molar-refractivity contribution in [3.8, 4) is 0 Å². The van der Waals surface area contributed by atoms with Gasteiger partial charge in [0, 0.05) is 51.2 Å². The third-order valence-corrected chi connectivity index (χ3v) is 9.00. The van der Waals surface area contributed by atoms with Crippen LogP contribution in [0.4, 0.5) is 0 Å². The Hall–Kier alpha value is -3.10. The molecule has 42 heavy (non-hydrogen) atoms. The second-order valence-electron chi connectivity index (χ2n) is 12.1. The van der Waals surface area contributed by atoms with Crippen molar-refractivity contribution in [3.05, 3.63) is 35.4 Å². The summed E-state index contributed by atoms with van der Waals surface area (Å²) in [4.78, 5) is 56.9. The Bertz CT molecular complexity index is 1210. The number of ether oxygens (including phenoxy) is 2. The number of rotatable bonds is 4. The largest absolute Gasteiger partial charge is 0.478 e. The number of aromatic carboxylic acids is 1. The number of aliphatic hydroxyl groups is 2. The van der Waals surface area contributed by atoms with E-state index >= 15 is 0 Å². The number of aliphatic hydroxyl groups excluding tert-OH is 2. The third-order valence-electron chi connectivity index (χ3n) is 9.00. The molecule has 13 heteroatoms. The van der Waals surface area contributed by atoms with Gasteiger partial charge in [0.2, 0.25) is 17.7 Å². The summed E-state index contributed by atoms with van der Waals surface area (Å²) in [5.74, 6) is -1.61. The molecular weight excluding hydrogens is 548 g/mol. The summed E-state index contributed by atoms with van der Waals surface area (Å²) in [7, 11) is 0. The molecule has 6 rings (SSSR count). The van der Waals surface area contributed by atoms with E-state index in [-0.39, 0.29) is 54.8 Å². The van der Waals surface area contributed by atoms with Crippen LogP contribution in [0, 0.1) is 5.92 Å². The number of amides is 3. The van der Waals surface area contributed by atoms with Crippen LogP contribution in [0.25, 0.3) is 0 Å². The number of hydrogen-bond acceptors (Lipinski definition) is 9. The fourth-order valence-corrected chi connectivity index (χ4v) is 6.59. The van der Waals surface area contributed by atoms with Crippen molar-refractivity contribution in [2.24, 2.45) is 5.92 Å². The highest BCUT2D eigenvalue weighted by Crippen LogP contribution is 2.33. The lowest BCUT2D eigenvalue weighted by Gasteiger charge is -2.38. The molecule has 7 atom stereocenters. The van der Waals surface area contributed by atoms with Gasteiger partial charge in [-0.1, -0.05) is 12.1 Å². The van der Waals surface area contributed by atoms with Gasteiger partial charge < -0.3 is 39.9 Å². The van der Waals surface area contributed by atoms with Gasteiger partial charge >= 0.3 is 5.97 Å². The molecule has 4 N–H and O–H groups in total. The van der Waals surface area contributed by atoms with Gasteiger partial charge in [0.25, 0.3) is 0 Å². The highest BCUT2D eigenvalue weighted by atomic mass is 16.5. The van der Waals surface area contributed by atoms with Crippen LogP contribution in [0.3, 0.4) is 0 Å². The molecule has 4 aliphatic heterocycles. The minimum absolute atomic E-state index is 0.0547. The Balaban J connectivity index is 1.25. The van der Waals surface area contributed by atoms with Crippen LogP contribution in [-0.4, -0.2) is 136 Å². The van der Waals surface area contributed by atoms with E-state index in [1.165, 1.54) is 12.1 Å². The van der Waals surface area contributed by atoms with Gasteiger partial charge in [-0.15, -0.1) is 0 Å². The lowest BCUT2D eigenvalue weighted by atomic mass is 10.0. The second kappa shape index (κ2) is 11.9. The van der Waals surface area contributed by atoms with E-state index in [4.69, 9.17) is 9.47 Å². The molecular formula is C29H38N4O9. The van der Waals surface area contributed by atoms with Crippen molar-refractivity contribution in [2.75, 3.05) is 39.3 Å². The summed E-state index contributed by atoms with van der Waals surface area (Å²) in [6.45, 7) is 2.08.